The van der Waals surface area contributed by atoms with Crippen molar-refractivity contribution in [3.05, 3.63) is 0 Å². The number of rotatable bonds is 6. The minimum atomic E-state index is -6.23. The van der Waals surface area contributed by atoms with Crippen LogP contribution in [0.4, 0.5) is 12.7 Å². The van der Waals surface area contributed by atoms with E-state index in [9.17, 15) is 25.9 Å². The van der Waals surface area contributed by atoms with Gasteiger partial charge >= 0.3 is 15.5 Å². The molecule has 0 unspecified atom stereocenters. The molecule has 0 aromatic rings. The van der Waals surface area contributed by atoms with Gasteiger partial charge in [-0.25, -0.2) is 0 Å². The van der Waals surface area contributed by atoms with E-state index in [1.165, 1.54) is 13.1 Å². The van der Waals surface area contributed by atoms with Crippen LogP contribution >= 0.6 is 0 Å². The zero-order chi connectivity index (χ0) is 15.0. The Balaban J connectivity index is 5.09. The minimum Gasteiger partial charge on any atom is -0.420 e. The van der Waals surface area contributed by atoms with Crippen molar-refractivity contribution in [3.63, 3.8) is 0 Å². The first-order chi connectivity index (χ1) is 7.61. The fourth-order valence-corrected chi connectivity index (χ4v) is 6.48. The first kappa shape index (κ1) is 17.8. The highest BCUT2D eigenvalue weighted by atomic mass is 32.3. The van der Waals surface area contributed by atoms with Gasteiger partial charge in [-0.05, 0) is 19.6 Å². The lowest BCUT2D eigenvalue weighted by atomic mass is 10.8. The van der Waals surface area contributed by atoms with Crippen molar-refractivity contribution in [1.29, 1.82) is 0 Å². The molecule has 108 valence electrons. The number of hydrogen-bond donors (Lipinski definition) is 0. The second kappa shape index (κ2) is 5.06. The van der Waals surface area contributed by atoms with Crippen LogP contribution < -0.4 is 0 Å². The quantitative estimate of drug-likeness (QED) is 0.555. The summed E-state index contributed by atoms with van der Waals surface area (Å²) >= 11 is 0. The topological polar surface area (TPSA) is 60.4 Å². The maximum Gasteiger partial charge on any atom is 0.426 e. The molecule has 0 saturated heterocycles. The Morgan fingerprint density at radius 1 is 1.17 bits per heavy atom. The van der Waals surface area contributed by atoms with E-state index in [0.29, 0.717) is 0 Å². The van der Waals surface area contributed by atoms with Gasteiger partial charge in [0.1, 0.15) is 0 Å². The molecule has 0 N–H and O–H groups in total. The Morgan fingerprint density at radius 2 is 1.56 bits per heavy atom. The van der Waals surface area contributed by atoms with E-state index in [-0.39, 0.29) is 6.23 Å². The number of alkyl halides is 2. The van der Waals surface area contributed by atoms with Crippen molar-refractivity contribution in [2.45, 2.75) is 38.0 Å². The molecule has 0 aliphatic carbocycles. The Kier molecular flexibility index (Phi) is 5.00. The molecule has 0 spiro atoms. The summed E-state index contributed by atoms with van der Waals surface area (Å²) in [6, 6.07) is 0. The van der Waals surface area contributed by atoms with E-state index in [2.05, 4.69) is 0 Å². The first-order valence-electron chi connectivity index (χ1n) is 5.12. The van der Waals surface area contributed by atoms with E-state index in [4.69, 9.17) is 4.43 Å². The molecule has 10 heteroatoms. The van der Waals surface area contributed by atoms with Crippen molar-refractivity contribution < 1.29 is 30.3 Å². The van der Waals surface area contributed by atoms with Gasteiger partial charge in [0.2, 0.25) is 0 Å². The third kappa shape index (κ3) is 4.48. The summed E-state index contributed by atoms with van der Waals surface area (Å²) in [4.78, 5) is 11.5. The third-order valence-electron chi connectivity index (χ3n) is 2.05. The highest BCUT2D eigenvalue weighted by molar-refractivity contribution is 7.88. The number of halogens is 3. The number of carbonyl (C=O) groups is 1. The molecule has 0 aromatic carbocycles. The van der Waals surface area contributed by atoms with E-state index in [0.717, 1.165) is 0 Å². The van der Waals surface area contributed by atoms with Crippen LogP contribution in [0.3, 0.4) is 0 Å². The maximum atomic E-state index is 13.1. The largest absolute Gasteiger partial charge is 0.426 e. The van der Waals surface area contributed by atoms with Crippen molar-refractivity contribution in [2.24, 2.45) is 0 Å². The molecular weight excluding hydrogens is 305 g/mol. The molecule has 0 rings (SSSR count). The van der Waals surface area contributed by atoms with E-state index < -0.39 is 37.3 Å². The van der Waals surface area contributed by atoms with E-state index in [1.54, 1.807) is 19.6 Å². The third-order valence-corrected chi connectivity index (χ3v) is 6.74. The highest BCUT2D eigenvalue weighted by Crippen LogP contribution is 2.29. The smallest absolute Gasteiger partial charge is 0.420 e. The Bertz CT molecular complexity index is 428. The normalized spacial score (nSPS) is 14.7. The highest BCUT2D eigenvalue weighted by Gasteiger charge is 2.58. The van der Waals surface area contributed by atoms with Crippen LogP contribution in [0, 0.1) is 0 Å². The summed E-state index contributed by atoms with van der Waals surface area (Å²) in [5, 5.41) is -6.85. The van der Waals surface area contributed by atoms with Gasteiger partial charge in [-0.2, -0.15) is 17.2 Å². The van der Waals surface area contributed by atoms with Crippen molar-refractivity contribution in [2.75, 3.05) is 6.23 Å². The van der Waals surface area contributed by atoms with Gasteiger partial charge in [-0.1, -0.05) is 17.0 Å². The average molecular weight is 322 g/mol. The molecule has 0 heterocycles. The number of hydrogen-bond acceptors (Lipinski definition) is 4. The molecule has 0 aromatic heterocycles. The molecule has 0 aliphatic rings. The van der Waals surface area contributed by atoms with Crippen LogP contribution in [0.25, 0.3) is 0 Å². The Hall–Kier alpha value is -0.196. The summed E-state index contributed by atoms with van der Waals surface area (Å²) in [7, 11) is -11.6. The fraction of sp³-hybridized carbons (Fsp3) is 0.875. The molecule has 0 aliphatic heterocycles. The van der Waals surface area contributed by atoms with Gasteiger partial charge in [-0.15, -0.1) is 0 Å². The van der Waals surface area contributed by atoms with Gasteiger partial charge in [0, 0.05) is 6.23 Å². The second-order valence-electron chi connectivity index (χ2n) is 5.57. The van der Waals surface area contributed by atoms with Gasteiger partial charge in [0.15, 0.2) is 21.8 Å². The van der Waals surface area contributed by atoms with E-state index >= 15 is 0 Å². The molecule has 4 nitrogen and oxygen atoms in total. The van der Waals surface area contributed by atoms with Crippen LogP contribution in [0.2, 0.25) is 32.7 Å². The van der Waals surface area contributed by atoms with Crippen LogP contribution in [0.5, 0.6) is 0 Å². The zero-order valence-electron chi connectivity index (χ0n) is 10.9. The molecule has 0 radical (unpaired) electrons. The molecule has 0 bridgehead atoms. The SMILES string of the molecule is C[Si](C)(C)OC[Si](C)(C)C(=O)C(F)(F)S(=O)(=O)F. The minimum absolute atomic E-state index is 0.243. The maximum absolute atomic E-state index is 13.1. The zero-order valence-corrected chi connectivity index (χ0v) is 13.7. The first-order valence-corrected chi connectivity index (χ1v) is 13.1. The van der Waals surface area contributed by atoms with Crippen LogP contribution in [0.15, 0.2) is 0 Å². The number of carbonyl (C=O) groups excluding carboxylic acids is 1. The molecule has 0 fully saturated rings. The lowest BCUT2D eigenvalue weighted by Crippen LogP contribution is -2.55. The Morgan fingerprint density at radius 3 is 1.83 bits per heavy atom. The van der Waals surface area contributed by atoms with Gasteiger partial charge in [0.05, 0.1) is 0 Å². The monoisotopic (exact) mass is 322 g/mol. The summed E-state index contributed by atoms with van der Waals surface area (Å²) in [6.07, 6.45) is -0.243. The van der Waals surface area contributed by atoms with Crippen molar-refractivity contribution in [1.82, 2.24) is 0 Å². The predicted octanol–water partition coefficient (Wildman–Crippen LogP) is 2.09. The van der Waals surface area contributed by atoms with E-state index in [1.807, 2.05) is 0 Å². The summed E-state index contributed by atoms with van der Waals surface area (Å²) in [5.74, 6) is 0. The Labute approximate surface area is 107 Å². The van der Waals surface area contributed by atoms with Gasteiger partial charge < -0.3 is 4.43 Å². The fourth-order valence-electron chi connectivity index (χ4n) is 0.967. The van der Waals surface area contributed by atoms with Gasteiger partial charge in [0.25, 0.3) is 0 Å². The lowest BCUT2D eigenvalue weighted by molar-refractivity contribution is -0.126. The summed E-state index contributed by atoms with van der Waals surface area (Å²) in [5.41, 5.74) is 0. The van der Waals surface area contributed by atoms with Crippen LogP contribution in [-0.4, -0.2) is 41.7 Å². The molecule has 18 heavy (non-hydrogen) atoms. The van der Waals surface area contributed by atoms with Crippen LogP contribution in [-0.2, 0) is 19.4 Å². The second-order valence-corrected chi connectivity index (χ2v) is 16.0. The summed E-state index contributed by atoms with van der Waals surface area (Å²) < 4.78 is 64.6. The van der Waals surface area contributed by atoms with Crippen molar-refractivity contribution in [3.8, 4) is 0 Å². The standard InChI is InChI=1S/C8H17F3O4SSi2/c1-17(2,3)15-6-18(4,5)7(12)8(9,10)16(11,13)14/h6H2,1-5H3. The molecule has 0 amide bonds. The lowest BCUT2D eigenvalue weighted by Gasteiger charge is -2.27. The molecule has 0 saturated carbocycles. The van der Waals surface area contributed by atoms with Gasteiger partial charge in [-0.3, -0.25) is 4.79 Å². The molecular formula is C8H17F3O4SSi2. The van der Waals surface area contributed by atoms with Crippen LogP contribution in [0.1, 0.15) is 0 Å². The summed E-state index contributed by atoms with van der Waals surface area (Å²) in [6.45, 7) is 7.85. The predicted molar refractivity (Wildman–Crippen MR) is 66.8 cm³/mol. The average Bonchev–Trinajstić information content (AvgIpc) is 2.11. The molecule has 0 atom stereocenters. The van der Waals surface area contributed by atoms with Crippen molar-refractivity contribution >= 4 is 32.0 Å².